The minimum atomic E-state index is -0.597. The molecule has 142 valence electrons. The Kier molecular flexibility index (Phi) is 4.21. The Balaban J connectivity index is 1.64. The van der Waals surface area contributed by atoms with E-state index in [1.165, 1.54) is 0 Å². The number of fused-ring (bicyclic) bond motifs is 1. The number of alkyl halides is 1. The van der Waals surface area contributed by atoms with Gasteiger partial charge in [0, 0.05) is 17.0 Å². The molecule has 0 amide bonds. The summed E-state index contributed by atoms with van der Waals surface area (Å²) in [6.45, 7) is -0.597. The highest BCUT2D eigenvalue weighted by Crippen LogP contribution is 2.28. The van der Waals surface area contributed by atoms with Crippen molar-refractivity contribution in [2.24, 2.45) is 0 Å². The SMILES string of the molecule is FCc1ccccc1-c1nc(Nc2n[nH]c3ccccc23)cc(-c2cnc[nH]2)n1. The molecule has 0 unspecified atom stereocenters. The van der Waals surface area contributed by atoms with E-state index < -0.39 is 6.67 Å². The second-order valence-electron chi connectivity index (χ2n) is 6.46. The van der Waals surface area contributed by atoms with Crippen molar-refractivity contribution in [3.8, 4) is 22.8 Å². The zero-order valence-corrected chi connectivity index (χ0v) is 15.2. The van der Waals surface area contributed by atoms with Gasteiger partial charge in [-0.05, 0) is 17.7 Å². The van der Waals surface area contributed by atoms with E-state index in [2.05, 4.69) is 35.5 Å². The van der Waals surface area contributed by atoms with Gasteiger partial charge >= 0.3 is 0 Å². The lowest BCUT2D eigenvalue weighted by Gasteiger charge is -2.10. The summed E-state index contributed by atoms with van der Waals surface area (Å²) in [6, 6.07) is 16.8. The summed E-state index contributed by atoms with van der Waals surface area (Å²) < 4.78 is 13.5. The molecule has 2 aromatic carbocycles. The van der Waals surface area contributed by atoms with Crippen LogP contribution in [-0.4, -0.2) is 30.1 Å². The largest absolute Gasteiger partial charge is 0.343 e. The molecule has 3 aromatic heterocycles. The van der Waals surface area contributed by atoms with Crippen molar-refractivity contribution in [1.29, 1.82) is 0 Å². The average molecular weight is 385 g/mol. The number of aromatic nitrogens is 6. The van der Waals surface area contributed by atoms with E-state index in [1.807, 2.05) is 36.4 Å². The Bertz CT molecular complexity index is 1280. The minimum absolute atomic E-state index is 0.424. The number of aromatic amines is 2. The van der Waals surface area contributed by atoms with Crippen LogP contribution in [0.3, 0.4) is 0 Å². The van der Waals surface area contributed by atoms with Crippen LogP contribution in [0.15, 0.2) is 67.1 Å². The smallest absolute Gasteiger partial charge is 0.162 e. The first-order chi connectivity index (χ1) is 14.3. The number of benzene rings is 2. The fourth-order valence-corrected chi connectivity index (χ4v) is 3.20. The molecule has 0 spiro atoms. The van der Waals surface area contributed by atoms with Gasteiger partial charge in [-0.1, -0.05) is 36.4 Å². The highest BCUT2D eigenvalue weighted by Gasteiger charge is 2.14. The van der Waals surface area contributed by atoms with E-state index in [0.717, 1.165) is 16.6 Å². The minimum Gasteiger partial charge on any atom is -0.343 e. The van der Waals surface area contributed by atoms with Gasteiger partial charge in [-0.3, -0.25) is 5.10 Å². The number of H-pyrrole nitrogens is 2. The van der Waals surface area contributed by atoms with Crippen molar-refractivity contribution in [1.82, 2.24) is 30.1 Å². The van der Waals surface area contributed by atoms with E-state index in [0.29, 0.717) is 34.3 Å². The number of nitrogens with zero attached hydrogens (tertiary/aromatic N) is 4. The molecule has 0 aliphatic carbocycles. The van der Waals surface area contributed by atoms with Crippen LogP contribution in [0, 0.1) is 0 Å². The zero-order valence-electron chi connectivity index (χ0n) is 15.2. The van der Waals surface area contributed by atoms with E-state index in [9.17, 15) is 4.39 Å². The topological polar surface area (TPSA) is 95.2 Å². The number of rotatable bonds is 5. The molecule has 8 heteroatoms. The zero-order chi connectivity index (χ0) is 19.6. The Labute approximate surface area is 165 Å². The normalized spacial score (nSPS) is 11.1. The van der Waals surface area contributed by atoms with Crippen molar-refractivity contribution < 1.29 is 4.39 Å². The highest BCUT2D eigenvalue weighted by molar-refractivity contribution is 5.91. The Morgan fingerprint density at radius 1 is 1.00 bits per heavy atom. The van der Waals surface area contributed by atoms with Gasteiger partial charge in [0.05, 0.1) is 29.4 Å². The van der Waals surface area contributed by atoms with Gasteiger partial charge in [0.2, 0.25) is 0 Å². The molecule has 3 heterocycles. The number of hydrogen-bond acceptors (Lipinski definition) is 5. The first-order valence-corrected chi connectivity index (χ1v) is 9.04. The third-order valence-electron chi connectivity index (χ3n) is 4.62. The van der Waals surface area contributed by atoms with Gasteiger partial charge in [-0.2, -0.15) is 5.10 Å². The number of imidazole rings is 1. The summed E-state index contributed by atoms with van der Waals surface area (Å²) >= 11 is 0. The van der Waals surface area contributed by atoms with Crippen LogP contribution in [0.4, 0.5) is 16.0 Å². The second-order valence-corrected chi connectivity index (χ2v) is 6.46. The van der Waals surface area contributed by atoms with Gasteiger partial charge in [-0.25, -0.2) is 19.3 Å². The first kappa shape index (κ1) is 17.1. The standard InChI is InChI=1S/C21H16FN7/c22-10-13-5-1-2-6-14(13)20-25-17(18-11-23-12-24-18)9-19(26-20)27-21-15-7-3-4-8-16(15)28-29-21/h1-9,11-12H,10H2,(H,23,24)(H2,25,26,27,28,29). The van der Waals surface area contributed by atoms with Gasteiger partial charge in [0.1, 0.15) is 12.5 Å². The lowest BCUT2D eigenvalue weighted by atomic mass is 10.1. The predicted molar refractivity (Wildman–Crippen MR) is 109 cm³/mol. The summed E-state index contributed by atoms with van der Waals surface area (Å²) in [6.07, 6.45) is 3.27. The lowest BCUT2D eigenvalue weighted by molar-refractivity contribution is 0.486. The van der Waals surface area contributed by atoms with E-state index >= 15 is 0 Å². The van der Waals surface area contributed by atoms with Gasteiger partial charge < -0.3 is 10.3 Å². The Hall–Kier alpha value is -4.07. The molecule has 5 rings (SSSR count). The average Bonchev–Trinajstić information content (AvgIpc) is 3.44. The monoisotopic (exact) mass is 385 g/mol. The number of hydrogen-bond donors (Lipinski definition) is 3. The van der Waals surface area contributed by atoms with Crippen LogP contribution in [0.5, 0.6) is 0 Å². The van der Waals surface area contributed by atoms with Crippen molar-refractivity contribution in [3.63, 3.8) is 0 Å². The molecule has 0 aliphatic rings. The van der Waals surface area contributed by atoms with Crippen LogP contribution in [0.2, 0.25) is 0 Å². The van der Waals surface area contributed by atoms with Gasteiger partial charge in [-0.15, -0.1) is 0 Å². The van der Waals surface area contributed by atoms with E-state index in [-0.39, 0.29) is 0 Å². The highest BCUT2D eigenvalue weighted by atomic mass is 19.1. The summed E-state index contributed by atoms with van der Waals surface area (Å²) in [5, 5.41) is 11.5. The third kappa shape index (κ3) is 3.20. The molecule has 0 atom stereocenters. The van der Waals surface area contributed by atoms with Crippen molar-refractivity contribution >= 4 is 22.5 Å². The molecule has 5 aromatic rings. The molecule has 0 radical (unpaired) electrons. The van der Waals surface area contributed by atoms with Crippen LogP contribution >= 0.6 is 0 Å². The molecule has 0 saturated heterocycles. The van der Waals surface area contributed by atoms with E-state index in [4.69, 9.17) is 0 Å². The van der Waals surface area contributed by atoms with Crippen LogP contribution in [0.1, 0.15) is 5.56 Å². The fraction of sp³-hybridized carbons (Fsp3) is 0.0476. The fourth-order valence-electron chi connectivity index (χ4n) is 3.20. The first-order valence-electron chi connectivity index (χ1n) is 9.04. The summed E-state index contributed by atoms with van der Waals surface area (Å²) in [5.41, 5.74) is 3.47. The molecule has 0 saturated carbocycles. The molecule has 3 N–H and O–H groups in total. The van der Waals surface area contributed by atoms with Crippen molar-refractivity contribution in [2.75, 3.05) is 5.32 Å². The second kappa shape index (κ2) is 7.16. The molecule has 29 heavy (non-hydrogen) atoms. The predicted octanol–water partition coefficient (Wildman–Crippen LogP) is 4.62. The molecule has 0 aliphatic heterocycles. The van der Waals surface area contributed by atoms with Gasteiger partial charge in [0.25, 0.3) is 0 Å². The molecule has 7 nitrogen and oxygen atoms in total. The maximum atomic E-state index is 13.5. The number of nitrogens with one attached hydrogen (secondary N) is 3. The number of halogens is 1. The van der Waals surface area contributed by atoms with Crippen LogP contribution < -0.4 is 5.32 Å². The molecular formula is C21H16FN7. The molecule has 0 bridgehead atoms. The Morgan fingerprint density at radius 3 is 2.72 bits per heavy atom. The molecule has 0 fully saturated rings. The summed E-state index contributed by atoms with van der Waals surface area (Å²) in [5.74, 6) is 1.62. The van der Waals surface area contributed by atoms with Crippen molar-refractivity contribution in [2.45, 2.75) is 6.67 Å². The summed E-state index contributed by atoms with van der Waals surface area (Å²) in [4.78, 5) is 16.4. The Morgan fingerprint density at radius 2 is 1.86 bits per heavy atom. The van der Waals surface area contributed by atoms with E-state index in [1.54, 1.807) is 30.7 Å². The maximum absolute atomic E-state index is 13.5. The third-order valence-corrected chi connectivity index (χ3v) is 4.62. The number of anilines is 2. The maximum Gasteiger partial charge on any atom is 0.162 e. The lowest BCUT2D eigenvalue weighted by Crippen LogP contribution is -2.01. The van der Waals surface area contributed by atoms with Crippen LogP contribution in [-0.2, 0) is 6.67 Å². The quantitative estimate of drug-likeness (QED) is 0.410. The van der Waals surface area contributed by atoms with Gasteiger partial charge in [0.15, 0.2) is 11.6 Å². The number of para-hydroxylation sites is 1. The molecular weight excluding hydrogens is 369 g/mol. The van der Waals surface area contributed by atoms with Crippen LogP contribution in [0.25, 0.3) is 33.7 Å². The summed E-state index contributed by atoms with van der Waals surface area (Å²) in [7, 11) is 0. The van der Waals surface area contributed by atoms with Crippen molar-refractivity contribution in [3.05, 3.63) is 72.7 Å².